The van der Waals surface area contributed by atoms with Gasteiger partial charge in [0, 0.05) is 30.9 Å². The van der Waals surface area contributed by atoms with Crippen LogP contribution in [0.5, 0.6) is 0 Å². The van der Waals surface area contributed by atoms with Crippen LogP contribution in [0.15, 0.2) is 42.9 Å². The van der Waals surface area contributed by atoms with E-state index in [0.717, 1.165) is 5.69 Å². The Labute approximate surface area is 89.2 Å². The van der Waals surface area contributed by atoms with Crippen LogP contribution in [0.4, 0.5) is 0 Å². The maximum atomic E-state index is 10.4. The molecule has 2 rings (SSSR count). The van der Waals surface area contributed by atoms with Crippen molar-refractivity contribution in [2.75, 3.05) is 0 Å². The Bertz CT molecular complexity index is 386. The van der Waals surface area contributed by atoms with E-state index in [1.165, 1.54) is 0 Å². The summed E-state index contributed by atoms with van der Waals surface area (Å²) in [5.41, 5.74) is -0.0167. The fraction of sp³-hybridized carbons (Fsp3) is 0.333. The molecule has 3 nitrogen and oxygen atoms in total. The number of aliphatic hydroxyl groups is 1. The molecular weight excluding hydrogens is 188 g/mol. The Morgan fingerprint density at radius 3 is 2.93 bits per heavy atom. The standard InChI is InChI=1S/C12H14N2O/c1-10-4-2-3-5-12(10,15)8-11-9-13-6-7-14-11/h2-7,9-10,15H,8H2,1H3. The van der Waals surface area contributed by atoms with Gasteiger partial charge in [0.1, 0.15) is 0 Å². The van der Waals surface area contributed by atoms with Crippen LogP contribution >= 0.6 is 0 Å². The van der Waals surface area contributed by atoms with E-state index in [4.69, 9.17) is 0 Å². The molecule has 3 heteroatoms. The highest BCUT2D eigenvalue weighted by atomic mass is 16.3. The molecule has 1 aromatic heterocycles. The molecule has 1 heterocycles. The van der Waals surface area contributed by atoms with E-state index in [9.17, 15) is 5.11 Å². The van der Waals surface area contributed by atoms with Crippen molar-refractivity contribution in [3.63, 3.8) is 0 Å². The second kappa shape index (κ2) is 3.95. The number of nitrogens with zero attached hydrogens (tertiary/aromatic N) is 2. The van der Waals surface area contributed by atoms with Gasteiger partial charge >= 0.3 is 0 Å². The predicted molar refractivity (Wildman–Crippen MR) is 58.1 cm³/mol. The third-order valence-corrected chi connectivity index (χ3v) is 2.77. The molecule has 0 bridgehead atoms. The minimum Gasteiger partial charge on any atom is -0.385 e. The third kappa shape index (κ3) is 2.13. The highest BCUT2D eigenvalue weighted by molar-refractivity contribution is 5.23. The maximum Gasteiger partial charge on any atom is 0.0946 e. The van der Waals surface area contributed by atoms with Crippen molar-refractivity contribution in [2.24, 2.45) is 5.92 Å². The van der Waals surface area contributed by atoms with Crippen molar-refractivity contribution < 1.29 is 5.11 Å². The number of rotatable bonds is 2. The summed E-state index contributed by atoms with van der Waals surface area (Å²) in [6.45, 7) is 2.00. The van der Waals surface area contributed by atoms with Gasteiger partial charge in [0.2, 0.25) is 0 Å². The summed E-state index contributed by atoms with van der Waals surface area (Å²) >= 11 is 0. The molecule has 1 N–H and O–H groups in total. The summed E-state index contributed by atoms with van der Waals surface area (Å²) in [4.78, 5) is 8.16. The highest BCUT2D eigenvalue weighted by Crippen LogP contribution is 2.27. The van der Waals surface area contributed by atoms with E-state index in [2.05, 4.69) is 9.97 Å². The van der Waals surface area contributed by atoms with E-state index >= 15 is 0 Å². The average Bonchev–Trinajstić information content (AvgIpc) is 2.24. The van der Waals surface area contributed by atoms with Crippen LogP contribution < -0.4 is 0 Å². The molecule has 0 aliphatic heterocycles. The smallest absolute Gasteiger partial charge is 0.0946 e. The molecule has 1 aromatic rings. The van der Waals surface area contributed by atoms with Crippen LogP contribution in [0.2, 0.25) is 0 Å². The summed E-state index contributed by atoms with van der Waals surface area (Å²) in [5.74, 6) is 0.101. The van der Waals surface area contributed by atoms with Crippen LogP contribution in [-0.4, -0.2) is 20.7 Å². The lowest BCUT2D eigenvalue weighted by Crippen LogP contribution is -2.37. The Morgan fingerprint density at radius 1 is 1.40 bits per heavy atom. The molecule has 78 valence electrons. The van der Waals surface area contributed by atoms with E-state index in [-0.39, 0.29) is 5.92 Å². The van der Waals surface area contributed by atoms with Crippen LogP contribution in [-0.2, 0) is 6.42 Å². The zero-order valence-corrected chi connectivity index (χ0v) is 8.67. The lowest BCUT2D eigenvalue weighted by Gasteiger charge is -2.30. The first-order valence-corrected chi connectivity index (χ1v) is 5.04. The molecule has 0 saturated carbocycles. The quantitative estimate of drug-likeness (QED) is 0.790. The average molecular weight is 202 g/mol. The van der Waals surface area contributed by atoms with Crippen molar-refractivity contribution >= 4 is 0 Å². The molecule has 0 aromatic carbocycles. The van der Waals surface area contributed by atoms with Gasteiger partial charge in [0.25, 0.3) is 0 Å². The molecule has 1 aliphatic carbocycles. The summed E-state index contributed by atoms with van der Waals surface area (Å²) in [5, 5.41) is 10.4. The Balaban J connectivity index is 2.18. The molecule has 2 atom stereocenters. The number of hydrogen-bond donors (Lipinski definition) is 1. The van der Waals surface area contributed by atoms with Crippen LogP contribution in [0, 0.1) is 5.92 Å². The molecular formula is C12H14N2O. The van der Waals surface area contributed by atoms with Gasteiger partial charge in [-0.2, -0.15) is 0 Å². The van der Waals surface area contributed by atoms with Crippen molar-refractivity contribution in [3.05, 3.63) is 48.6 Å². The topological polar surface area (TPSA) is 46.0 Å². The zero-order valence-electron chi connectivity index (χ0n) is 8.67. The monoisotopic (exact) mass is 202 g/mol. The van der Waals surface area contributed by atoms with Gasteiger partial charge in [0.05, 0.1) is 11.3 Å². The maximum absolute atomic E-state index is 10.4. The van der Waals surface area contributed by atoms with E-state index < -0.39 is 5.60 Å². The molecule has 0 fully saturated rings. The van der Waals surface area contributed by atoms with Crippen LogP contribution in [0.1, 0.15) is 12.6 Å². The summed E-state index contributed by atoms with van der Waals surface area (Å²) in [6.07, 6.45) is 13.1. The molecule has 15 heavy (non-hydrogen) atoms. The molecule has 2 unspecified atom stereocenters. The first-order valence-electron chi connectivity index (χ1n) is 5.04. The Morgan fingerprint density at radius 2 is 2.27 bits per heavy atom. The predicted octanol–water partition coefficient (Wildman–Crippen LogP) is 1.51. The Kier molecular flexibility index (Phi) is 2.64. The molecule has 0 radical (unpaired) electrons. The molecule has 0 saturated heterocycles. The lowest BCUT2D eigenvalue weighted by atomic mass is 9.82. The fourth-order valence-corrected chi connectivity index (χ4v) is 1.70. The minimum atomic E-state index is -0.829. The van der Waals surface area contributed by atoms with Crippen LogP contribution in [0.3, 0.4) is 0 Å². The zero-order chi connectivity index (χ0) is 10.7. The third-order valence-electron chi connectivity index (χ3n) is 2.77. The van der Waals surface area contributed by atoms with Crippen molar-refractivity contribution in [2.45, 2.75) is 18.9 Å². The van der Waals surface area contributed by atoms with E-state index in [1.807, 2.05) is 31.2 Å². The minimum absolute atomic E-state index is 0.101. The molecule has 0 spiro atoms. The summed E-state index contributed by atoms with van der Waals surface area (Å²) in [6, 6.07) is 0. The van der Waals surface area contributed by atoms with Gasteiger partial charge < -0.3 is 5.11 Å². The van der Waals surface area contributed by atoms with Gasteiger partial charge in [-0.1, -0.05) is 31.2 Å². The normalized spacial score (nSPS) is 29.3. The van der Waals surface area contributed by atoms with Gasteiger partial charge in [-0.25, -0.2) is 0 Å². The van der Waals surface area contributed by atoms with Crippen LogP contribution in [0.25, 0.3) is 0 Å². The van der Waals surface area contributed by atoms with E-state index in [1.54, 1.807) is 18.6 Å². The van der Waals surface area contributed by atoms with Gasteiger partial charge in [-0.3, -0.25) is 9.97 Å². The van der Waals surface area contributed by atoms with Gasteiger partial charge in [-0.15, -0.1) is 0 Å². The molecule has 0 amide bonds. The summed E-state index contributed by atoms with van der Waals surface area (Å²) < 4.78 is 0. The van der Waals surface area contributed by atoms with E-state index in [0.29, 0.717) is 6.42 Å². The van der Waals surface area contributed by atoms with Gasteiger partial charge in [-0.05, 0) is 0 Å². The van der Waals surface area contributed by atoms with Crippen molar-refractivity contribution in [1.82, 2.24) is 9.97 Å². The first kappa shape index (κ1) is 10.1. The second-order valence-corrected chi connectivity index (χ2v) is 3.90. The number of aromatic nitrogens is 2. The Hall–Kier alpha value is -1.48. The number of hydrogen-bond acceptors (Lipinski definition) is 3. The highest BCUT2D eigenvalue weighted by Gasteiger charge is 2.31. The largest absolute Gasteiger partial charge is 0.385 e. The first-order chi connectivity index (χ1) is 7.21. The van der Waals surface area contributed by atoms with Gasteiger partial charge in [0.15, 0.2) is 0 Å². The molecule has 1 aliphatic rings. The SMILES string of the molecule is CC1C=CC=CC1(O)Cc1cnccn1. The van der Waals surface area contributed by atoms with Crippen molar-refractivity contribution in [3.8, 4) is 0 Å². The second-order valence-electron chi connectivity index (χ2n) is 3.90. The fourth-order valence-electron chi connectivity index (χ4n) is 1.70. The van der Waals surface area contributed by atoms with Crippen molar-refractivity contribution in [1.29, 1.82) is 0 Å². The summed E-state index contributed by atoms with van der Waals surface area (Å²) in [7, 11) is 0. The lowest BCUT2D eigenvalue weighted by molar-refractivity contribution is 0.0526. The number of allylic oxidation sites excluding steroid dienone is 2.